The van der Waals surface area contributed by atoms with Crippen molar-refractivity contribution in [1.82, 2.24) is 10.2 Å². The molecule has 25 heavy (non-hydrogen) atoms. The number of carbonyl (C=O) groups excluding carboxylic acids is 3. The van der Waals surface area contributed by atoms with Crippen molar-refractivity contribution in [3.8, 4) is 11.5 Å². The molecular weight excluding hydrogens is 330 g/mol. The Morgan fingerprint density at radius 1 is 1.24 bits per heavy atom. The molecule has 9 nitrogen and oxygen atoms in total. The fraction of sp³-hybridized carbons (Fsp3) is 0.438. The molecule has 1 aromatic carbocycles. The van der Waals surface area contributed by atoms with Crippen LogP contribution in [0.25, 0.3) is 0 Å². The Morgan fingerprint density at radius 3 is 2.84 bits per heavy atom. The molecule has 3 rings (SSSR count). The standard InChI is InChI=1S/C16H19N3O6/c1-2-23-15(21)8-17-14(20)9-18-5-6-19(16(18)22)11-3-4-12-13(7-11)25-10-24-12/h3-4,7H,2,5-6,8-10H2,1H3,(H,17,20). The molecule has 0 spiro atoms. The summed E-state index contributed by atoms with van der Waals surface area (Å²) >= 11 is 0. The molecule has 1 N–H and O–H groups in total. The number of anilines is 1. The van der Waals surface area contributed by atoms with E-state index in [9.17, 15) is 14.4 Å². The van der Waals surface area contributed by atoms with Gasteiger partial charge in [-0.05, 0) is 19.1 Å². The van der Waals surface area contributed by atoms with Crippen LogP contribution in [0.15, 0.2) is 18.2 Å². The van der Waals surface area contributed by atoms with E-state index in [0.717, 1.165) is 0 Å². The van der Waals surface area contributed by atoms with Gasteiger partial charge in [0.1, 0.15) is 13.1 Å². The molecule has 9 heteroatoms. The lowest BCUT2D eigenvalue weighted by atomic mass is 10.2. The van der Waals surface area contributed by atoms with E-state index >= 15 is 0 Å². The van der Waals surface area contributed by atoms with Gasteiger partial charge in [-0.15, -0.1) is 0 Å². The minimum atomic E-state index is -0.509. The summed E-state index contributed by atoms with van der Waals surface area (Å²) < 4.78 is 15.3. The fourth-order valence-corrected chi connectivity index (χ4v) is 2.63. The normalized spacial score (nSPS) is 15.5. The monoisotopic (exact) mass is 349 g/mol. The largest absolute Gasteiger partial charge is 0.465 e. The Balaban J connectivity index is 1.55. The number of urea groups is 1. The summed E-state index contributed by atoms with van der Waals surface area (Å²) in [5.74, 6) is 0.320. The van der Waals surface area contributed by atoms with Gasteiger partial charge in [-0.3, -0.25) is 14.5 Å². The molecule has 2 aliphatic heterocycles. The third-order valence-electron chi connectivity index (χ3n) is 3.83. The van der Waals surface area contributed by atoms with Gasteiger partial charge in [-0.25, -0.2) is 4.79 Å². The third-order valence-corrected chi connectivity index (χ3v) is 3.83. The average molecular weight is 349 g/mol. The van der Waals surface area contributed by atoms with Gasteiger partial charge in [0.2, 0.25) is 12.7 Å². The number of esters is 1. The van der Waals surface area contributed by atoms with E-state index in [0.29, 0.717) is 30.3 Å². The molecule has 1 saturated heterocycles. The second-order valence-electron chi connectivity index (χ2n) is 5.48. The van der Waals surface area contributed by atoms with E-state index in [2.05, 4.69) is 5.32 Å². The van der Waals surface area contributed by atoms with E-state index in [-0.39, 0.29) is 32.5 Å². The molecule has 2 heterocycles. The molecule has 1 fully saturated rings. The molecule has 2 aliphatic rings. The number of amides is 3. The number of fused-ring (bicyclic) bond motifs is 1. The van der Waals surface area contributed by atoms with E-state index in [1.165, 1.54) is 4.90 Å². The van der Waals surface area contributed by atoms with Crippen LogP contribution in [0.4, 0.5) is 10.5 Å². The van der Waals surface area contributed by atoms with E-state index < -0.39 is 11.9 Å². The number of ether oxygens (including phenoxy) is 3. The van der Waals surface area contributed by atoms with Crippen LogP contribution < -0.4 is 19.7 Å². The lowest BCUT2D eigenvalue weighted by Crippen LogP contribution is -2.41. The van der Waals surface area contributed by atoms with Crippen molar-refractivity contribution in [2.75, 3.05) is 44.5 Å². The number of hydrogen-bond acceptors (Lipinski definition) is 6. The van der Waals surface area contributed by atoms with Gasteiger partial charge >= 0.3 is 12.0 Å². The Bertz CT molecular complexity index is 692. The highest BCUT2D eigenvalue weighted by molar-refractivity contribution is 5.97. The lowest BCUT2D eigenvalue weighted by molar-refractivity contribution is -0.143. The van der Waals surface area contributed by atoms with Crippen LogP contribution in [0.1, 0.15) is 6.92 Å². The van der Waals surface area contributed by atoms with E-state index in [1.54, 1.807) is 30.0 Å². The molecule has 0 unspecified atom stereocenters. The highest BCUT2D eigenvalue weighted by atomic mass is 16.7. The molecule has 3 amide bonds. The Morgan fingerprint density at radius 2 is 2.04 bits per heavy atom. The molecule has 134 valence electrons. The van der Waals surface area contributed by atoms with E-state index in [4.69, 9.17) is 14.2 Å². The summed E-state index contributed by atoms with van der Waals surface area (Å²) in [5.41, 5.74) is 0.684. The summed E-state index contributed by atoms with van der Waals surface area (Å²) in [4.78, 5) is 38.6. The maximum atomic E-state index is 12.5. The first kappa shape index (κ1) is 16.9. The Labute approximate surface area is 144 Å². The molecule has 0 atom stereocenters. The molecule has 0 saturated carbocycles. The van der Waals surface area contributed by atoms with Crippen LogP contribution in [0.2, 0.25) is 0 Å². The maximum absolute atomic E-state index is 12.5. The molecule has 0 bridgehead atoms. The quantitative estimate of drug-likeness (QED) is 0.744. The number of hydrogen-bond donors (Lipinski definition) is 1. The molecule has 0 radical (unpaired) electrons. The van der Waals surface area contributed by atoms with Crippen LogP contribution in [-0.2, 0) is 14.3 Å². The summed E-state index contributed by atoms with van der Waals surface area (Å²) in [6.07, 6.45) is 0. The van der Waals surface area contributed by atoms with Crippen LogP contribution in [0.5, 0.6) is 11.5 Å². The minimum Gasteiger partial charge on any atom is -0.465 e. The molecular formula is C16H19N3O6. The number of carbonyl (C=O) groups is 3. The van der Waals surface area contributed by atoms with Crippen molar-refractivity contribution in [2.45, 2.75) is 6.92 Å². The van der Waals surface area contributed by atoms with E-state index in [1.807, 2.05) is 0 Å². The maximum Gasteiger partial charge on any atom is 0.325 e. The van der Waals surface area contributed by atoms with Crippen molar-refractivity contribution in [3.63, 3.8) is 0 Å². The number of nitrogens with one attached hydrogen (secondary N) is 1. The summed E-state index contributed by atoms with van der Waals surface area (Å²) in [6, 6.07) is 4.99. The predicted molar refractivity (Wildman–Crippen MR) is 86.5 cm³/mol. The first-order valence-electron chi connectivity index (χ1n) is 7.97. The fourth-order valence-electron chi connectivity index (χ4n) is 2.63. The predicted octanol–water partition coefficient (Wildman–Crippen LogP) is 0.337. The smallest absolute Gasteiger partial charge is 0.325 e. The first-order valence-corrected chi connectivity index (χ1v) is 7.97. The number of rotatable bonds is 6. The van der Waals surface area contributed by atoms with Gasteiger partial charge in [0.15, 0.2) is 11.5 Å². The summed E-state index contributed by atoms with van der Waals surface area (Å²) in [6.45, 7) is 2.67. The minimum absolute atomic E-state index is 0.112. The van der Waals surface area contributed by atoms with Gasteiger partial charge in [0.25, 0.3) is 0 Å². The molecule has 0 aromatic heterocycles. The zero-order chi connectivity index (χ0) is 17.8. The zero-order valence-corrected chi connectivity index (χ0v) is 13.8. The Kier molecular flexibility index (Phi) is 4.92. The Hall–Kier alpha value is -2.97. The van der Waals surface area contributed by atoms with Gasteiger partial charge in [-0.1, -0.05) is 0 Å². The van der Waals surface area contributed by atoms with Crippen molar-refractivity contribution in [3.05, 3.63) is 18.2 Å². The second kappa shape index (κ2) is 7.29. The van der Waals surface area contributed by atoms with Crippen LogP contribution >= 0.6 is 0 Å². The first-order chi connectivity index (χ1) is 12.1. The number of nitrogens with zero attached hydrogens (tertiary/aromatic N) is 2. The summed E-state index contributed by atoms with van der Waals surface area (Å²) in [5, 5.41) is 2.44. The van der Waals surface area contributed by atoms with Crippen LogP contribution in [0, 0.1) is 0 Å². The van der Waals surface area contributed by atoms with Crippen molar-refractivity contribution in [1.29, 1.82) is 0 Å². The van der Waals surface area contributed by atoms with Crippen molar-refractivity contribution >= 4 is 23.6 Å². The highest BCUT2D eigenvalue weighted by Crippen LogP contribution is 2.36. The van der Waals surface area contributed by atoms with Gasteiger partial charge in [0.05, 0.1) is 6.61 Å². The second-order valence-corrected chi connectivity index (χ2v) is 5.48. The average Bonchev–Trinajstić information content (AvgIpc) is 3.20. The SMILES string of the molecule is CCOC(=O)CNC(=O)CN1CCN(c2ccc3c(c2)OCO3)C1=O. The molecule has 0 aliphatic carbocycles. The number of benzene rings is 1. The van der Waals surface area contributed by atoms with Gasteiger partial charge in [-0.2, -0.15) is 0 Å². The third kappa shape index (κ3) is 3.76. The van der Waals surface area contributed by atoms with Gasteiger partial charge in [0, 0.05) is 24.8 Å². The van der Waals surface area contributed by atoms with Gasteiger partial charge < -0.3 is 24.4 Å². The highest BCUT2D eigenvalue weighted by Gasteiger charge is 2.31. The summed E-state index contributed by atoms with van der Waals surface area (Å²) in [7, 11) is 0. The molecule has 1 aromatic rings. The topological polar surface area (TPSA) is 97.4 Å². The van der Waals surface area contributed by atoms with Crippen molar-refractivity contribution < 1.29 is 28.6 Å². The van der Waals surface area contributed by atoms with Crippen molar-refractivity contribution in [2.24, 2.45) is 0 Å². The zero-order valence-electron chi connectivity index (χ0n) is 13.8. The van der Waals surface area contributed by atoms with Crippen LogP contribution in [0.3, 0.4) is 0 Å². The van der Waals surface area contributed by atoms with Crippen LogP contribution in [-0.4, -0.2) is 62.4 Å². The lowest BCUT2D eigenvalue weighted by Gasteiger charge is -2.18.